The zero-order valence-corrected chi connectivity index (χ0v) is 15.1. The monoisotopic (exact) mass is 388 g/mol. The van der Waals surface area contributed by atoms with E-state index in [1.807, 2.05) is 0 Å². The van der Waals surface area contributed by atoms with E-state index in [4.69, 9.17) is 15.2 Å². The van der Waals surface area contributed by atoms with Gasteiger partial charge >= 0.3 is 5.97 Å². The second kappa shape index (κ2) is 9.25. The Kier molecular flexibility index (Phi) is 6.78. The van der Waals surface area contributed by atoms with Crippen molar-refractivity contribution in [2.75, 3.05) is 6.61 Å². The van der Waals surface area contributed by atoms with Crippen LogP contribution in [0.3, 0.4) is 0 Å². The Hall–Kier alpha value is -3.53. The highest BCUT2D eigenvalue weighted by Gasteiger charge is 2.16. The first kappa shape index (κ1) is 19.8. The summed E-state index contributed by atoms with van der Waals surface area (Å²) in [6, 6.07) is 10.1. The van der Waals surface area contributed by atoms with Crippen LogP contribution in [-0.4, -0.2) is 28.8 Å². The number of nitro benzene ring substituents is 1. The number of esters is 1. The van der Waals surface area contributed by atoms with Crippen LogP contribution in [-0.2, 0) is 0 Å². The third-order valence-corrected chi connectivity index (χ3v) is 3.24. The van der Waals surface area contributed by atoms with Gasteiger partial charge in [0.15, 0.2) is 16.6 Å². The Balaban J connectivity index is 2.22. The minimum absolute atomic E-state index is 0.0267. The Morgan fingerprint density at radius 2 is 2.11 bits per heavy atom. The zero-order chi connectivity index (χ0) is 19.8. The highest BCUT2D eigenvalue weighted by atomic mass is 32.1. The fourth-order valence-electron chi connectivity index (χ4n) is 2.03. The van der Waals surface area contributed by atoms with Gasteiger partial charge in [-0.05, 0) is 49.0 Å². The van der Waals surface area contributed by atoms with Crippen molar-refractivity contribution in [3.63, 3.8) is 0 Å². The molecule has 0 amide bonds. The minimum atomic E-state index is -0.740. The van der Waals surface area contributed by atoms with Crippen molar-refractivity contribution in [1.82, 2.24) is 5.43 Å². The number of nitro groups is 1. The van der Waals surface area contributed by atoms with Crippen molar-refractivity contribution < 1.29 is 19.2 Å². The summed E-state index contributed by atoms with van der Waals surface area (Å²) in [4.78, 5) is 22.6. The maximum absolute atomic E-state index is 12.3. The Bertz CT molecular complexity index is 901. The fraction of sp³-hybridized carbons (Fsp3) is 0.118. The number of hydrogen-bond donors (Lipinski definition) is 2. The second-order valence-corrected chi connectivity index (χ2v) is 5.51. The van der Waals surface area contributed by atoms with E-state index in [0.29, 0.717) is 17.9 Å². The standard InChI is InChI=1S/C17H16N4O5S/c1-2-25-15-8-11(10-19-20-17(18)27)6-7-14(15)26-16(22)12-4-3-5-13(9-12)21(23)24/h3-10H,2H2,1H3,(H3,18,20,27). The second-order valence-electron chi connectivity index (χ2n) is 5.07. The lowest BCUT2D eigenvalue weighted by Gasteiger charge is -2.11. The molecular formula is C17H16N4O5S. The molecule has 27 heavy (non-hydrogen) atoms. The SMILES string of the molecule is CCOc1cc(C=NNC(N)=S)ccc1OC(=O)c1cccc([N+](=O)[O-])c1. The number of nitrogens with zero attached hydrogens (tertiary/aromatic N) is 2. The van der Waals surface area contributed by atoms with E-state index in [2.05, 4.69) is 22.7 Å². The summed E-state index contributed by atoms with van der Waals surface area (Å²) >= 11 is 4.65. The summed E-state index contributed by atoms with van der Waals surface area (Å²) in [5.41, 5.74) is 8.21. The highest BCUT2D eigenvalue weighted by molar-refractivity contribution is 7.80. The number of non-ortho nitro benzene ring substituents is 1. The van der Waals surface area contributed by atoms with Crippen LogP contribution in [0.5, 0.6) is 11.5 Å². The van der Waals surface area contributed by atoms with E-state index < -0.39 is 10.9 Å². The molecule has 10 heteroatoms. The molecule has 9 nitrogen and oxygen atoms in total. The lowest BCUT2D eigenvalue weighted by Crippen LogP contribution is -2.23. The molecule has 2 aromatic carbocycles. The Labute approximate surface area is 159 Å². The van der Waals surface area contributed by atoms with Crippen molar-refractivity contribution in [2.24, 2.45) is 10.8 Å². The van der Waals surface area contributed by atoms with Gasteiger partial charge in [-0.1, -0.05) is 6.07 Å². The number of thiocarbonyl (C=S) groups is 1. The number of nitrogens with two attached hydrogens (primary N) is 1. The van der Waals surface area contributed by atoms with Crippen LogP contribution in [0.15, 0.2) is 47.6 Å². The lowest BCUT2D eigenvalue weighted by atomic mass is 10.2. The van der Waals surface area contributed by atoms with Crippen molar-refractivity contribution in [3.8, 4) is 11.5 Å². The van der Waals surface area contributed by atoms with Gasteiger partial charge in [0, 0.05) is 12.1 Å². The number of rotatable bonds is 7. The summed E-state index contributed by atoms with van der Waals surface area (Å²) in [6.45, 7) is 2.12. The molecule has 0 radical (unpaired) electrons. The van der Waals surface area contributed by atoms with Crippen LogP contribution >= 0.6 is 12.2 Å². The predicted molar refractivity (Wildman–Crippen MR) is 103 cm³/mol. The number of carbonyl (C=O) groups is 1. The number of hydrogen-bond acceptors (Lipinski definition) is 7. The molecule has 2 aromatic rings. The molecule has 0 fully saturated rings. The Morgan fingerprint density at radius 1 is 1.33 bits per heavy atom. The smallest absolute Gasteiger partial charge is 0.343 e. The van der Waals surface area contributed by atoms with Gasteiger partial charge in [-0.2, -0.15) is 5.10 Å². The molecule has 0 aliphatic rings. The van der Waals surface area contributed by atoms with Crippen molar-refractivity contribution >= 4 is 35.2 Å². The van der Waals surface area contributed by atoms with Crippen LogP contribution in [0.2, 0.25) is 0 Å². The van der Waals surface area contributed by atoms with E-state index >= 15 is 0 Å². The number of hydrazone groups is 1. The molecule has 0 aromatic heterocycles. The minimum Gasteiger partial charge on any atom is -0.490 e. The summed E-state index contributed by atoms with van der Waals surface area (Å²) in [5, 5.41) is 14.7. The van der Waals surface area contributed by atoms with E-state index in [9.17, 15) is 14.9 Å². The zero-order valence-electron chi connectivity index (χ0n) is 14.2. The fourth-order valence-corrected chi connectivity index (χ4v) is 2.09. The molecule has 0 unspecified atom stereocenters. The molecule has 0 atom stereocenters. The van der Waals surface area contributed by atoms with E-state index in [1.165, 1.54) is 30.5 Å². The summed E-state index contributed by atoms with van der Waals surface area (Å²) < 4.78 is 10.8. The summed E-state index contributed by atoms with van der Waals surface area (Å²) in [7, 11) is 0. The molecule has 0 aliphatic heterocycles. The maximum Gasteiger partial charge on any atom is 0.343 e. The van der Waals surface area contributed by atoms with Crippen LogP contribution < -0.4 is 20.6 Å². The van der Waals surface area contributed by atoms with Gasteiger partial charge < -0.3 is 15.2 Å². The molecule has 0 spiro atoms. The molecule has 0 aliphatic carbocycles. The van der Waals surface area contributed by atoms with Crippen LogP contribution in [0.25, 0.3) is 0 Å². The van der Waals surface area contributed by atoms with Gasteiger partial charge in [-0.25, -0.2) is 4.79 Å². The third kappa shape index (κ3) is 5.75. The third-order valence-electron chi connectivity index (χ3n) is 3.15. The van der Waals surface area contributed by atoms with Gasteiger partial charge in [0.2, 0.25) is 0 Å². The molecule has 2 rings (SSSR count). The van der Waals surface area contributed by atoms with Gasteiger partial charge in [0.05, 0.1) is 23.3 Å². The quantitative estimate of drug-likeness (QED) is 0.185. The van der Waals surface area contributed by atoms with Crippen LogP contribution in [0.4, 0.5) is 5.69 Å². The molecule has 3 N–H and O–H groups in total. The molecule has 140 valence electrons. The average Bonchev–Trinajstić information content (AvgIpc) is 2.63. The molecule has 0 bridgehead atoms. The number of ether oxygens (including phenoxy) is 2. The van der Waals surface area contributed by atoms with Gasteiger partial charge in [-0.15, -0.1) is 0 Å². The predicted octanol–water partition coefficient (Wildman–Crippen LogP) is 2.38. The van der Waals surface area contributed by atoms with Crippen molar-refractivity contribution in [2.45, 2.75) is 6.92 Å². The number of carbonyl (C=O) groups excluding carboxylic acids is 1. The van der Waals surface area contributed by atoms with Crippen molar-refractivity contribution in [3.05, 3.63) is 63.7 Å². The van der Waals surface area contributed by atoms with E-state index in [0.717, 1.165) is 6.07 Å². The molecular weight excluding hydrogens is 372 g/mol. The summed E-state index contributed by atoms with van der Waals surface area (Å²) in [5.74, 6) is -0.250. The normalized spacial score (nSPS) is 10.4. The maximum atomic E-state index is 12.3. The Morgan fingerprint density at radius 3 is 2.78 bits per heavy atom. The molecule has 0 heterocycles. The van der Waals surface area contributed by atoms with Gasteiger partial charge in [0.1, 0.15) is 0 Å². The van der Waals surface area contributed by atoms with Crippen molar-refractivity contribution in [1.29, 1.82) is 0 Å². The number of nitrogens with one attached hydrogen (secondary N) is 1. The summed E-state index contributed by atoms with van der Waals surface area (Å²) in [6.07, 6.45) is 1.47. The first-order valence-electron chi connectivity index (χ1n) is 7.72. The average molecular weight is 388 g/mol. The first-order chi connectivity index (χ1) is 12.9. The topological polar surface area (TPSA) is 129 Å². The van der Waals surface area contributed by atoms with Gasteiger partial charge in [-0.3, -0.25) is 15.5 Å². The van der Waals surface area contributed by atoms with Crippen LogP contribution in [0, 0.1) is 10.1 Å². The number of benzene rings is 2. The lowest BCUT2D eigenvalue weighted by molar-refractivity contribution is -0.384. The van der Waals surface area contributed by atoms with Crippen LogP contribution in [0.1, 0.15) is 22.8 Å². The first-order valence-corrected chi connectivity index (χ1v) is 8.13. The van der Waals surface area contributed by atoms with E-state index in [1.54, 1.807) is 19.1 Å². The largest absolute Gasteiger partial charge is 0.490 e. The molecule has 0 saturated heterocycles. The molecule has 0 saturated carbocycles. The highest BCUT2D eigenvalue weighted by Crippen LogP contribution is 2.29. The van der Waals surface area contributed by atoms with Gasteiger partial charge in [0.25, 0.3) is 5.69 Å². The van der Waals surface area contributed by atoms with E-state index in [-0.39, 0.29) is 22.1 Å².